The molecule has 0 radical (unpaired) electrons. The third-order valence-corrected chi connectivity index (χ3v) is 4.08. The first-order chi connectivity index (χ1) is 13.3. The lowest BCUT2D eigenvalue weighted by Crippen LogP contribution is -1.95. The SMILES string of the molecule is COc1ccc(Oc2nc(/C=C/c3ccccc3)nc3ccccc23)cc1. The van der Waals surface area contributed by atoms with Crippen LogP contribution in [0.25, 0.3) is 23.1 Å². The number of hydrogen-bond donors (Lipinski definition) is 0. The van der Waals surface area contributed by atoms with Crippen molar-refractivity contribution in [1.82, 2.24) is 9.97 Å². The predicted octanol–water partition coefficient (Wildman–Crippen LogP) is 5.60. The number of hydrogen-bond acceptors (Lipinski definition) is 4. The molecule has 3 aromatic carbocycles. The van der Waals surface area contributed by atoms with E-state index in [1.54, 1.807) is 7.11 Å². The lowest BCUT2D eigenvalue weighted by molar-refractivity contribution is 0.412. The van der Waals surface area contributed by atoms with Gasteiger partial charge in [0.2, 0.25) is 5.88 Å². The van der Waals surface area contributed by atoms with E-state index in [0.29, 0.717) is 17.5 Å². The molecule has 4 rings (SSSR count). The van der Waals surface area contributed by atoms with E-state index in [4.69, 9.17) is 9.47 Å². The van der Waals surface area contributed by atoms with E-state index >= 15 is 0 Å². The smallest absolute Gasteiger partial charge is 0.230 e. The van der Waals surface area contributed by atoms with Crippen LogP contribution in [-0.2, 0) is 0 Å². The van der Waals surface area contributed by atoms with E-state index in [-0.39, 0.29) is 0 Å². The van der Waals surface area contributed by atoms with Gasteiger partial charge in [-0.15, -0.1) is 0 Å². The average Bonchev–Trinajstić information content (AvgIpc) is 2.73. The zero-order chi connectivity index (χ0) is 18.5. The van der Waals surface area contributed by atoms with Crippen LogP contribution in [-0.4, -0.2) is 17.1 Å². The van der Waals surface area contributed by atoms with Crippen LogP contribution < -0.4 is 9.47 Å². The summed E-state index contributed by atoms with van der Waals surface area (Å²) in [5.74, 6) is 2.60. The second kappa shape index (κ2) is 7.70. The molecule has 0 aliphatic rings. The van der Waals surface area contributed by atoms with Crippen molar-refractivity contribution in [3.63, 3.8) is 0 Å². The van der Waals surface area contributed by atoms with Crippen LogP contribution in [0.3, 0.4) is 0 Å². The Kier molecular flexibility index (Phi) is 4.79. The molecule has 1 heterocycles. The zero-order valence-corrected chi connectivity index (χ0v) is 14.9. The van der Waals surface area contributed by atoms with Crippen molar-refractivity contribution in [3.8, 4) is 17.4 Å². The summed E-state index contributed by atoms with van der Waals surface area (Å²) in [6.07, 6.45) is 3.88. The summed E-state index contributed by atoms with van der Waals surface area (Å²) >= 11 is 0. The van der Waals surface area contributed by atoms with Crippen LogP contribution in [0.15, 0.2) is 78.9 Å². The third-order valence-electron chi connectivity index (χ3n) is 4.08. The molecule has 0 unspecified atom stereocenters. The van der Waals surface area contributed by atoms with E-state index in [9.17, 15) is 0 Å². The van der Waals surface area contributed by atoms with Crippen molar-refractivity contribution in [1.29, 1.82) is 0 Å². The highest BCUT2D eigenvalue weighted by Gasteiger charge is 2.08. The maximum Gasteiger partial charge on any atom is 0.230 e. The fourth-order valence-electron chi connectivity index (χ4n) is 2.71. The Labute approximate surface area is 157 Å². The molecule has 0 amide bonds. The Hall–Kier alpha value is -3.66. The maximum absolute atomic E-state index is 6.04. The van der Waals surface area contributed by atoms with Gasteiger partial charge in [0.05, 0.1) is 18.0 Å². The average molecular weight is 354 g/mol. The Bertz CT molecular complexity index is 1070. The summed E-state index contributed by atoms with van der Waals surface area (Å²) in [7, 11) is 1.64. The number of ether oxygens (including phenoxy) is 2. The quantitative estimate of drug-likeness (QED) is 0.468. The third kappa shape index (κ3) is 3.96. The largest absolute Gasteiger partial charge is 0.497 e. The summed E-state index contributed by atoms with van der Waals surface area (Å²) in [6.45, 7) is 0. The second-order valence-corrected chi connectivity index (χ2v) is 5.93. The summed E-state index contributed by atoms with van der Waals surface area (Å²) in [4.78, 5) is 9.22. The van der Waals surface area contributed by atoms with E-state index < -0.39 is 0 Å². The molecule has 0 saturated carbocycles. The minimum absolute atomic E-state index is 0.526. The van der Waals surface area contributed by atoms with E-state index in [0.717, 1.165) is 22.2 Å². The fourth-order valence-corrected chi connectivity index (χ4v) is 2.71. The number of methoxy groups -OCH3 is 1. The molecule has 0 N–H and O–H groups in total. The van der Waals surface area contributed by atoms with Crippen LogP contribution in [0, 0.1) is 0 Å². The number of benzene rings is 3. The van der Waals surface area contributed by atoms with Crippen LogP contribution in [0.2, 0.25) is 0 Å². The minimum Gasteiger partial charge on any atom is -0.497 e. The standard InChI is InChI=1S/C23H18N2O2/c1-26-18-12-14-19(15-13-18)27-23-20-9-5-6-10-21(20)24-22(25-23)16-11-17-7-3-2-4-8-17/h2-16H,1H3/b16-11+. The van der Waals surface area contributed by atoms with Crippen molar-refractivity contribution < 1.29 is 9.47 Å². The summed E-state index contributed by atoms with van der Waals surface area (Å²) in [5.41, 5.74) is 1.93. The van der Waals surface area contributed by atoms with E-state index in [2.05, 4.69) is 9.97 Å². The predicted molar refractivity (Wildman–Crippen MR) is 108 cm³/mol. The molecule has 0 atom stereocenters. The van der Waals surface area contributed by atoms with Crippen LogP contribution in [0.1, 0.15) is 11.4 Å². The number of nitrogens with zero attached hydrogens (tertiary/aromatic N) is 2. The van der Waals surface area contributed by atoms with Crippen molar-refractivity contribution in [2.45, 2.75) is 0 Å². The number of fused-ring (bicyclic) bond motifs is 1. The van der Waals surface area contributed by atoms with Crippen molar-refractivity contribution in [3.05, 3.63) is 90.3 Å². The maximum atomic E-state index is 6.04. The van der Waals surface area contributed by atoms with Gasteiger partial charge in [-0.3, -0.25) is 0 Å². The normalized spacial score (nSPS) is 11.0. The molecular formula is C23H18N2O2. The molecule has 4 nitrogen and oxygen atoms in total. The lowest BCUT2D eigenvalue weighted by atomic mass is 10.2. The molecule has 0 bridgehead atoms. The molecular weight excluding hydrogens is 336 g/mol. The molecule has 0 aliphatic carbocycles. The molecule has 0 saturated heterocycles. The van der Waals surface area contributed by atoms with Crippen molar-refractivity contribution in [2.24, 2.45) is 0 Å². The summed E-state index contributed by atoms with van der Waals surface area (Å²) in [6, 6.07) is 25.3. The molecule has 0 spiro atoms. The van der Waals surface area contributed by atoms with Gasteiger partial charge in [0.1, 0.15) is 11.5 Å². The monoisotopic (exact) mass is 354 g/mol. The van der Waals surface area contributed by atoms with Crippen LogP contribution in [0.5, 0.6) is 17.4 Å². The Morgan fingerprint density at radius 3 is 2.19 bits per heavy atom. The molecule has 0 fully saturated rings. The highest BCUT2D eigenvalue weighted by atomic mass is 16.5. The lowest BCUT2D eigenvalue weighted by Gasteiger charge is -2.09. The highest BCUT2D eigenvalue weighted by Crippen LogP contribution is 2.28. The summed E-state index contributed by atoms with van der Waals surface area (Å²) in [5, 5.41) is 0.866. The van der Waals surface area contributed by atoms with Gasteiger partial charge >= 0.3 is 0 Å². The van der Waals surface area contributed by atoms with Gasteiger partial charge < -0.3 is 9.47 Å². The zero-order valence-electron chi connectivity index (χ0n) is 14.9. The number of rotatable bonds is 5. The minimum atomic E-state index is 0.526. The fraction of sp³-hybridized carbons (Fsp3) is 0.0435. The Morgan fingerprint density at radius 2 is 1.41 bits per heavy atom. The van der Waals surface area contributed by atoms with Gasteiger partial charge in [0.25, 0.3) is 0 Å². The van der Waals surface area contributed by atoms with Gasteiger partial charge in [-0.2, -0.15) is 4.98 Å². The number of aromatic nitrogens is 2. The number of para-hydroxylation sites is 1. The van der Waals surface area contributed by atoms with Gasteiger partial charge in [-0.25, -0.2) is 4.98 Å². The van der Waals surface area contributed by atoms with E-state index in [1.165, 1.54) is 0 Å². The van der Waals surface area contributed by atoms with Crippen LogP contribution in [0.4, 0.5) is 0 Å². The van der Waals surface area contributed by atoms with E-state index in [1.807, 2.05) is 91.0 Å². The Balaban J connectivity index is 1.70. The summed E-state index contributed by atoms with van der Waals surface area (Å²) < 4.78 is 11.2. The molecule has 0 aliphatic heterocycles. The highest BCUT2D eigenvalue weighted by molar-refractivity contribution is 5.85. The Morgan fingerprint density at radius 1 is 0.704 bits per heavy atom. The topological polar surface area (TPSA) is 44.2 Å². The van der Waals surface area contributed by atoms with Crippen LogP contribution >= 0.6 is 0 Å². The first kappa shape index (κ1) is 16.8. The molecule has 27 heavy (non-hydrogen) atoms. The first-order valence-corrected chi connectivity index (χ1v) is 8.64. The molecule has 1 aromatic heterocycles. The first-order valence-electron chi connectivity index (χ1n) is 8.64. The molecule has 4 aromatic rings. The van der Waals surface area contributed by atoms with Gasteiger partial charge in [0.15, 0.2) is 5.82 Å². The van der Waals surface area contributed by atoms with Gasteiger partial charge in [-0.05, 0) is 48.0 Å². The van der Waals surface area contributed by atoms with Crippen molar-refractivity contribution >= 4 is 23.1 Å². The van der Waals surface area contributed by atoms with Gasteiger partial charge in [-0.1, -0.05) is 48.5 Å². The van der Waals surface area contributed by atoms with Gasteiger partial charge in [0, 0.05) is 0 Å². The second-order valence-electron chi connectivity index (χ2n) is 5.93. The molecule has 132 valence electrons. The molecule has 4 heteroatoms. The van der Waals surface area contributed by atoms with Crippen molar-refractivity contribution in [2.75, 3.05) is 7.11 Å².